The van der Waals surface area contributed by atoms with Crippen molar-refractivity contribution in [2.45, 2.75) is 52.2 Å². The van der Waals surface area contributed by atoms with Gasteiger partial charge in [-0.25, -0.2) is 36.8 Å². The highest BCUT2D eigenvalue weighted by Gasteiger charge is 2.48. The van der Waals surface area contributed by atoms with E-state index in [1.807, 2.05) is 85.7 Å². The van der Waals surface area contributed by atoms with Gasteiger partial charge in [0.05, 0.1) is 22.8 Å². The highest BCUT2D eigenvalue weighted by Crippen LogP contribution is 2.37. The molecule has 0 radical (unpaired) electrons. The minimum absolute atomic E-state index is 0.0112. The van der Waals surface area contributed by atoms with Crippen LogP contribution < -0.4 is 10.0 Å². The number of nitrogens with zero attached hydrogens (tertiary/aromatic N) is 6. The fourth-order valence-corrected chi connectivity index (χ4v) is 10.7. The predicted molar refractivity (Wildman–Crippen MR) is 238 cm³/mol. The Hall–Kier alpha value is -4.27. The Morgan fingerprint density at radius 2 is 1.56 bits per heavy atom. The van der Waals surface area contributed by atoms with Crippen LogP contribution in [0.2, 0.25) is 5.02 Å². The SMILES string of the molecule is CN(C)CC[C@H](CSc1ccccc1)Nc1ccc(S(=O)(=O)Nc2ncnc3c2CCN(N2CCN(Cc4ccccc4-c4ccc(Cl)cc4)CC2)C3)cc1S(=O)(=O)C(F)(F)F. The molecular weight excluding hydrogens is 881 g/mol. The van der Waals surface area contributed by atoms with E-state index < -0.39 is 41.2 Å². The van der Waals surface area contributed by atoms with Crippen molar-refractivity contribution in [3.63, 3.8) is 0 Å². The second kappa shape index (κ2) is 19.6. The number of hydrazine groups is 1. The lowest BCUT2D eigenvalue weighted by atomic mass is 9.99. The van der Waals surface area contributed by atoms with Crippen LogP contribution in [0, 0.1) is 0 Å². The summed E-state index contributed by atoms with van der Waals surface area (Å²) in [6.07, 6.45) is 2.10. The highest BCUT2D eigenvalue weighted by atomic mass is 35.5. The van der Waals surface area contributed by atoms with Crippen molar-refractivity contribution < 1.29 is 30.0 Å². The number of anilines is 2. The number of thioether (sulfide) groups is 1. The average molecular weight is 930 g/mol. The number of sulfone groups is 1. The first-order valence-electron chi connectivity index (χ1n) is 20.0. The molecule has 0 spiro atoms. The molecule has 2 aliphatic rings. The first-order valence-corrected chi connectivity index (χ1v) is 24.4. The molecule has 7 rings (SSSR count). The lowest BCUT2D eigenvalue weighted by Crippen LogP contribution is -2.54. The number of hydrogen-bond acceptors (Lipinski definition) is 12. The van der Waals surface area contributed by atoms with Crippen molar-refractivity contribution in [3.05, 3.63) is 125 Å². The minimum Gasteiger partial charge on any atom is -0.380 e. The fourth-order valence-electron chi connectivity index (χ4n) is 7.53. The van der Waals surface area contributed by atoms with Gasteiger partial charge >= 0.3 is 5.51 Å². The van der Waals surface area contributed by atoms with Crippen LogP contribution in [0.25, 0.3) is 11.1 Å². The molecule has 5 aromatic rings. The zero-order valence-corrected chi connectivity index (χ0v) is 37.4. The molecule has 0 bridgehead atoms. The van der Waals surface area contributed by atoms with E-state index in [0.717, 1.165) is 55.3 Å². The predicted octanol–water partition coefficient (Wildman–Crippen LogP) is 7.51. The molecule has 1 fully saturated rings. The summed E-state index contributed by atoms with van der Waals surface area (Å²) in [6, 6.07) is 27.9. The molecule has 0 amide bonds. The van der Waals surface area contributed by atoms with E-state index in [1.54, 1.807) is 0 Å². The zero-order chi connectivity index (χ0) is 44.1. The van der Waals surface area contributed by atoms with Gasteiger partial charge in [0.2, 0.25) is 0 Å². The smallest absolute Gasteiger partial charge is 0.380 e. The molecule has 0 saturated carbocycles. The number of rotatable bonds is 16. The standard InChI is InChI=1S/C43H48ClF3N8O4S3/c1-52(2)20-18-34(29-60-35-9-4-3-5-10-35)50-39-17-16-36(26-41(39)61(56,57)43(45,46)47)62(58,59)51-42-38-19-21-55(28-40(38)48-30-49-42)54-24-22-53(23-25-54)27-32-8-6-7-11-37(32)31-12-14-33(44)15-13-31/h3-17,26,30,34,50H,18-25,27-29H2,1-2H3,(H,48,49,51)/t34-/m1/s1. The number of hydrogen-bond donors (Lipinski definition) is 2. The number of alkyl halides is 3. The van der Waals surface area contributed by atoms with Crippen molar-refractivity contribution in [2.24, 2.45) is 0 Å². The molecule has 62 heavy (non-hydrogen) atoms. The number of piperazine rings is 1. The Bertz CT molecular complexity index is 2550. The van der Waals surface area contributed by atoms with Gasteiger partial charge in [-0.2, -0.15) is 13.2 Å². The van der Waals surface area contributed by atoms with Gasteiger partial charge in [0.25, 0.3) is 19.9 Å². The van der Waals surface area contributed by atoms with E-state index in [1.165, 1.54) is 29.2 Å². The maximum Gasteiger partial charge on any atom is 0.501 e. The van der Waals surface area contributed by atoms with E-state index in [2.05, 4.69) is 47.1 Å². The molecule has 4 aromatic carbocycles. The molecule has 1 atom stereocenters. The van der Waals surface area contributed by atoms with E-state index in [-0.39, 0.29) is 11.5 Å². The van der Waals surface area contributed by atoms with Gasteiger partial charge in [-0.1, -0.05) is 66.2 Å². The Morgan fingerprint density at radius 1 is 0.855 bits per heavy atom. The van der Waals surface area contributed by atoms with Gasteiger partial charge in [-0.3, -0.25) is 9.62 Å². The van der Waals surface area contributed by atoms with Gasteiger partial charge < -0.3 is 10.2 Å². The molecule has 3 heterocycles. The summed E-state index contributed by atoms with van der Waals surface area (Å²) in [6.45, 7) is 5.52. The summed E-state index contributed by atoms with van der Waals surface area (Å²) < 4.78 is 98.7. The lowest BCUT2D eigenvalue weighted by molar-refractivity contribution is -0.0694. The Balaban J connectivity index is 1.04. The van der Waals surface area contributed by atoms with Crippen molar-refractivity contribution >= 4 is 54.7 Å². The number of nitrogens with one attached hydrogen (secondary N) is 2. The Kier molecular flexibility index (Phi) is 14.5. The quantitative estimate of drug-likeness (QED) is 0.0951. The summed E-state index contributed by atoms with van der Waals surface area (Å²) in [4.78, 5) is 12.1. The number of sulfonamides is 1. The van der Waals surface area contributed by atoms with Gasteiger partial charge in [0.15, 0.2) is 0 Å². The summed E-state index contributed by atoms with van der Waals surface area (Å²) in [7, 11) is -6.90. The second-order valence-corrected chi connectivity index (χ2v) is 20.6. The normalized spacial score (nSPS) is 16.2. The summed E-state index contributed by atoms with van der Waals surface area (Å²) in [5, 5.41) is 8.16. The molecule has 2 aliphatic heterocycles. The van der Waals surface area contributed by atoms with Crippen molar-refractivity contribution in [3.8, 4) is 11.1 Å². The van der Waals surface area contributed by atoms with Gasteiger partial charge in [-0.05, 0) is 92.6 Å². The maximum atomic E-state index is 14.2. The van der Waals surface area contributed by atoms with Crippen LogP contribution in [0.1, 0.15) is 23.2 Å². The molecule has 0 unspecified atom stereocenters. The molecule has 19 heteroatoms. The highest BCUT2D eigenvalue weighted by molar-refractivity contribution is 7.99. The van der Waals surface area contributed by atoms with Crippen LogP contribution in [0.15, 0.2) is 118 Å². The Morgan fingerprint density at radius 3 is 2.27 bits per heavy atom. The summed E-state index contributed by atoms with van der Waals surface area (Å²) >= 11 is 7.60. The number of aromatic nitrogens is 2. The van der Waals surface area contributed by atoms with E-state index in [0.29, 0.717) is 60.6 Å². The van der Waals surface area contributed by atoms with Gasteiger partial charge in [0, 0.05) is 66.5 Å². The topological polar surface area (TPSA) is 131 Å². The maximum absolute atomic E-state index is 14.2. The van der Waals surface area contributed by atoms with Crippen LogP contribution >= 0.6 is 23.4 Å². The minimum atomic E-state index is -5.99. The van der Waals surface area contributed by atoms with E-state index in [4.69, 9.17) is 11.6 Å². The van der Waals surface area contributed by atoms with Gasteiger partial charge in [0.1, 0.15) is 17.0 Å². The van der Waals surface area contributed by atoms with Crippen molar-refractivity contribution in [2.75, 3.05) is 69.2 Å². The lowest BCUT2D eigenvalue weighted by Gasteiger charge is -2.43. The molecule has 0 aliphatic carbocycles. The van der Waals surface area contributed by atoms with Crippen molar-refractivity contribution in [1.82, 2.24) is 29.8 Å². The largest absolute Gasteiger partial charge is 0.501 e. The monoisotopic (exact) mass is 928 g/mol. The third-order valence-corrected chi connectivity index (χ3v) is 15.2. The number of halogens is 4. The molecule has 1 saturated heterocycles. The first kappa shape index (κ1) is 45.7. The molecular formula is C43H48ClF3N8O4S3. The first-order chi connectivity index (χ1) is 29.6. The Labute approximate surface area is 370 Å². The fraction of sp³-hybridized carbons (Fsp3) is 0.349. The summed E-state index contributed by atoms with van der Waals surface area (Å²) in [5.41, 5.74) is -1.36. The van der Waals surface area contributed by atoms with Crippen LogP contribution in [0.4, 0.5) is 24.7 Å². The van der Waals surface area contributed by atoms with Crippen LogP contribution in [-0.4, -0.2) is 117 Å². The van der Waals surface area contributed by atoms with Crippen LogP contribution in [0.5, 0.6) is 0 Å². The molecule has 12 nitrogen and oxygen atoms in total. The summed E-state index contributed by atoms with van der Waals surface area (Å²) in [5.74, 6) is 0.390. The average Bonchev–Trinajstić information content (AvgIpc) is 3.25. The number of fused-ring (bicyclic) bond motifs is 1. The second-order valence-electron chi connectivity index (χ2n) is 15.4. The van der Waals surface area contributed by atoms with Gasteiger partial charge in [-0.15, -0.1) is 11.8 Å². The zero-order valence-electron chi connectivity index (χ0n) is 34.2. The van der Waals surface area contributed by atoms with Crippen molar-refractivity contribution in [1.29, 1.82) is 0 Å². The van der Waals surface area contributed by atoms with E-state index in [9.17, 15) is 30.0 Å². The third-order valence-electron chi connectivity index (χ3n) is 10.9. The molecule has 2 N–H and O–H groups in total. The van der Waals surface area contributed by atoms with Crippen LogP contribution in [-0.2, 0) is 39.4 Å². The third kappa shape index (κ3) is 11.1. The van der Waals surface area contributed by atoms with Crippen LogP contribution in [0.3, 0.4) is 0 Å². The van der Waals surface area contributed by atoms with E-state index >= 15 is 0 Å². The number of benzene rings is 4. The molecule has 330 valence electrons. The molecule has 1 aromatic heterocycles.